The fourth-order valence-electron chi connectivity index (χ4n) is 1.97. The van der Waals surface area contributed by atoms with Crippen molar-refractivity contribution in [1.82, 2.24) is 0 Å². The Hall–Kier alpha value is -1.71. The minimum Gasteiger partial charge on any atom is -0.481 e. The number of benzene rings is 2. The van der Waals surface area contributed by atoms with Crippen molar-refractivity contribution < 1.29 is 9.53 Å². The molecule has 22 heavy (non-hydrogen) atoms. The van der Waals surface area contributed by atoms with Crippen LogP contribution < -0.4 is 10.1 Å². The highest BCUT2D eigenvalue weighted by Gasteiger charge is 2.17. The van der Waals surface area contributed by atoms with Crippen molar-refractivity contribution in [1.29, 1.82) is 0 Å². The second kappa shape index (κ2) is 7.03. The van der Waals surface area contributed by atoms with Crippen molar-refractivity contribution in [2.75, 3.05) is 5.32 Å². The van der Waals surface area contributed by atoms with Crippen LogP contribution in [0, 0.1) is 13.8 Å². The van der Waals surface area contributed by atoms with E-state index in [1.54, 1.807) is 43.3 Å². The number of aryl methyl sites for hydroxylation is 1. The molecule has 0 aliphatic carbocycles. The number of hydrogen-bond donors (Lipinski definition) is 1. The zero-order valence-electron chi connectivity index (χ0n) is 12.6. The van der Waals surface area contributed by atoms with Crippen molar-refractivity contribution in [2.45, 2.75) is 26.9 Å². The quantitative estimate of drug-likeness (QED) is 0.850. The van der Waals surface area contributed by atoms with Gasteiger partial charge in [-0.1, -0.05) is 29.3 Å². The predicted octanol–water partition coefficient (Wildman–Crippen LogP) is 5.02. The lowest BCUT2D eigenvalue weighted by Gasteiger charge is -2.17. The third kappa shape index (κ3) is 3.93. The molecule has 1 unspecified atom stereocenters. The summed E-state index contributed by atoms with van der Waals surface area (Å²) in [6, 6.07) is 10.7. The Morgan fingerprint density at radius 1 is 1.18 bits per heavy atom. The number of anilines is 1. The average molecular weight is 338 g/mol. The Labute approximate surface area is 140 Å². The van der Waals surface area contributed by atoms with Gasteiger partial charge in [-0.2, -0.15) is 0 Å². The lowest BCUT2D eigenvalue weighted by atomic mass is 10.2. The van der Waals surface area contributed by atoms with Crippen molar-refractivity contribution in [3.8, 4) is 5.75 Å². The first kappa shape index (κ1) is 16.7. The highest BCUT2D eigenvalue weighted by atomic mass is 35.5. The molecule has 1 amide bonds. The topological polar surface area (TPSA) is 38.3 Å². The van der Waals surface area contributed by atoms with Gasteiger partial charge in [0.05, 0.1) is 0 Å². The lowest BCUT2D eigenvalue weighted by molar-refractivity contribution is -0.122. The highest BCUT2D eigenvalue weighted by Crippen LogP contribution is 2.25. The summed E-state index contributed by atoms with van der Waals surface area (Å²) in [5, 5.41) is 4.07. The summed E-state index contributed by atoms with van der Waals surface area (Å²) >= 11 is 12.0. The van der Waals surface area contributed by atoms with Crippen LogP contribution in [-0.2, 0) is 4.79 Å². The van der Waals surface area contributed by atoms with Crippen LogP contribution in [0.15, 0.2) is 36.4 Å². The standard InChI is InChI=1S/C17H17Cl2NO2/c1-10-9-13(18)7-8-16(10)22-12(3)17(21)20-15-6-4-5-14(19)11(15)2/h4-9,12H,1-3H3,(H,20,21). The number of rotatable bonds is 4. The monoisotopic (exact) mass is 337 g/mol. The fourth-order valence-corrected chi connectivity index (χ4v) is 2.37. The van der Waals surface area contributed by atoms with Crippen LogP contribution in [0.5, 0.6) is 5.75 Å². The van der Waals surface area contributed by atoms with Gasteiger partial charge in [0.15, 0.2) is 6.10 Å². The van der Waals surface area contributed by atoms with Crippen molar-refractivity contribution in [3.63, 3.8) is 0 Å². The number of amides is 1. The molecule has 2 rings (SSSR count). The van der Waals surface area contributed by atoms with Crippen LogP contribution >= 0.6 is 23.2 Å². The van der Waals surface area contributed by atoms with Gasteiger partial charge in [0, 0.05) is 15.7 Å². The lowest BCUT2D eigenvalue weighted by Crippen LogP contribution is -2.30. The number of hydrogen-bond acceptors (Lipinski definition) is 2. The Bertz CT molecular complexity index is 701. The van der Waals surface area contributed by atoms with Crippen molar-refractivity contribution in [2.24, 2.45) is 0 Å². The van der Waals surface area contributed by atoms with E-state index in [0.717, 1.165) is 11.1 Å². The molecule has 0 heterocycles. The van der Waals surface area contributed by atoms with Gasteiger partial charge in [-0.15, -0.1) is 0 Å². The molecule has 0 fully saturated rings. The van der Waals surface area contributed by atoms with Crippen molar-refractivity contribution in [3.05, 3.63) is 57.6 Å². The van der Waals surface area contributed by atoms with E-state index < -0.39 is 6.10 Å². The van der Waals surface area contributed by atoms with Gasteiger partial charge in [-0.3, -0.25) is 4.79 Å². The van der Waals surface area contributed by atoms with Gasteiger partial charge in [-0.05, 0) is 62.2 Å². The molecule has 0 radical (unpaired) electrons. The van der Waals surface area contributed by atoms with Gasteiger partial charge in [0.25, 0.3) is 5.91 Å². The summed E-state index contributed by atoms with van der Waals surface area (Å²) in [6.45, 7) is 5.43. The number of carbonyl (C=O) groups excluding carboxylic acids is 1. The van der Waals surface area contributed by atoms with Crippen LogP contribution in [0.3, 0.4) is 0 Å². The molecule has 0 aliphatic heterocycles. The van der Waals surface area contributed by atoms with Crippen LogP contribution in [0.1, 0.15) is 18.1 Å². The predicted molar refractivity (Wildman–Crippen MR) is 91.1 cm³/mol. The molecule has 0 aliphatic rings. The Kier molecular flexibility index (Phi) is 5.33. The first-order valence-corrected chi connectivity index (χ1v) is 7.63. The summed E-state index contributed by atoms with van der Waals surface area (Å²) in [4.78, 5) is 12.3. The molecule has 2 aromatic rings. The molecule has 0 aromatic heterocycles. The van der Waals surface area contributed by atoms with E-state index in [9.17, 15) is 4.79 Å². The number of ether oxygens (including phenoxy) is 1. The second-order valence-electron chi connectivity index (χ2n) is 5.07. The number of carbonyl (C=O) groups is 1. The highest BCUT2D eigenvalue weighted by molar-refractivity contribution is 6.31. The maximum absolute atomic E-state index is 12.3. The first-order valence-electron chi connectivity index (χ1n) is 6.87. The maximum atomic E-state index is 12.3. The third-order valence-electron chi connectivity index (χ3n) is 3.34. The molecule has 5 heteroatoms. The molecule has 1 atom stereocenters. The Morgan fingerprint density at radius 2 is 1.91 bits per heavy atom. The van der Waals surface area contributed by atoms with Gasteiger partial charge in [-0.25, -0.2) is 0 Å². The molecule has 0 saturated heterocycles. The molecule has 0 bridgehead atoms. The van der Waals surface area contributed by atoms with Gasteiger partial charge < -0.3 is 10.1 Å². The third-order valence-corrected chi connectivity index (χ3v) is 3.98. The van der Waals surface area contributed by atoms with Crippen LogP contribution in [0.2, 0.25) is 10.0 Å². The largest absolute Gasteiger partial charge is 0.481 e. The van der Waals surface area contributed by atoms with Crippen LogP contribution in [-0.4, -0.2) is 12.0 Å². The molecular weight excluding hydrogens is 321 g/mol. The maximum Gasteiger partial charge on any atom is 0.265 e. The average Bonchev–Trinajstić information content (AvgIpc) is 2.46. The molecule has 0 spiro atoms. The Morgan fingerprint density at radius 3 is 2.59 bits per heavy atom. The second-order valence-corrected chi connectivity index (χ2v) is 5.92. The van der Waals surface area contributed by atoms with E-state index in [-0.39, 0.29) is 5.91 Å². The Balaban J connectivity index is 2.07. The van der Waals surface area contributed by atoms with Gasteiger partial charge >= 0.3 is 0 Å². The molecule has 0 saturated carbocycles. The molecule has 1 N–H and O–H groups in total. The number of nitrogens with one attached hydrogen (secondary N) is 1. The zero-order chi connectivity index (χ0) is 16.3. The summed E-state index contributed by atoms with van der Waals surface area (Å²) in [6.07, 6.45) is -0.641. The van der Waals surface area contributed by atoms with Crippen LogP contribution in [0.25, 0.3) is 0 Å². The van der Waals surface area contributed by atoms with E-state index in [2.05, 4.69) is 5.32 Å². The zero-order valence-corrected chi connectivity index (χ0v) is 14.1. The van der Waals surface area contributed by atoms with Crippen LogP contribution in [0.4, 0.5) is 5.69 Å². The van der Waals surface area contributed by atoms with E-state index in [1.165, 1.54) is 0 Å². The smallest absolute Gasteiger partial charge is 0.265 e. The minimum atomic E-state index is -0.641. The van der Waals surface area contributed by atoms with Crippen molar-refractivity contribution >= 4 is 34.8 Å². The molecule has 2 aromatic carbocycles. The first-order chi connectivity index (χ1) is 10.4. The summed E-state index contributed by atoms with van der Waals surface area (Å²) in [5.74, 6) is 0.398. The normalized spacial score (nSPS) is 11.9. The molecule has 116 valence electrons. The van der Waals surface area contributed by atoms with E-state index in [0.29, 0.717) is 21.5 Å². The van der Waals surface area contributed by atoms with Gasteiger partial charge in [0.2, 0.25) is 0 Å². The molecule has 3 nitrogen and oxygen atoms in total. The molecular formula is C17H17Cl2NO2. The number of halogens is 2. The minimum absolute atomic E-state index is 0.236. The van der Waals surface area contributed by atoms with E-state index in [4.69, 9.17) is 27.9 Å². The fraction of sp³-hybridized carbons (Fsp3) is 0.235. The van der Waals surface area contributed by atoms with E-state index >= 15 is 0 Å². The SMILES string of the molecule is Cc1cc(Cl)ccc1OC(C)C(=O)Nc1cccc(Cl)c1C. The summed E-state index contributed by atoms with van der Waals surface area (Å²) in [5.41, 5.74) is 2.39. The summed E-state index contributed by atoms with van der Waals surface area (Å²) in [7, 11) is 0. The van der Waals surface area contributed by atoms with E-state index in [1.807, 2.05) is 13.8 Å². The summed E-state index contributed by atoms with van der Waals surface area (Å²) < 4.78 is 5.70. The van der Waals surface area contributed by atoms with Gasteiger partial charge in [0.1, 0.15) is 5.75 Å².